The fourth-order valence-electron chi connectivity index (χ4n) is 4.62. The molecule has 4 aromatic rings. The van der Waals surface area contributed by atoms with Crippen LogP contribution >= 0.6 is 11.8 Å². The van der Waals surface area contributed by atoms with E-state index >= 15 is 0 Å². The first-order chi connectivity index (χ1) is 17.1. The molecule has 3 aromatic carbocycles. The Kier molecular flexibility index (Phi) is 6.59. The molecule has 0 fully saturated rings. The molecule has 0 saturated carbocycles. The van der Waals surface area contributed by atoms with Crippen LogP contribution in [0.4, 0.5) is 0 Å². The van der Waals surface area contributed by atoms with Gasteiger partial charge in [-0.25, -0.2) is 4.98 Å². The standard InChI is InChI=1S/C28H27N3O3S/c1-18(26(32)29-22-15-9-11-19-10-3-4-12-20(19)22)35-28-30-23-14-6-5-13-21(23)27(33)31(28)24-16-7-8-17-25(24)34-2/h3-8,10,12-14,16-18,22H,9,11,15H2,1-2H3,(H,29,32). The third-order valence-electron chi connectivity index (χ3n) is 6.41. The summed E-state index contributed by atoms with van der Waals surface area (Å²) in [5.74, 6) is 0.482. The summed E-state index contributed by atoms with van der Waals surface area (Å²) < 4.78 is 7.08. The zero-order valence-electron chi connectivity index (χ0n) is 19.7. The Balaban J connectivity index is 1.49. The number of aryl methyl sites for hydroxylation is 1. The molecule has 35 heavy (non-hydrogen) atoms. The zero-order valence-corrected chi connectivity index (χ0v) is 20.5. The molecule has 0 aliphatic heterocycles. The van der Waals surface area contributed by atoms with E-state index < -0.39 is 5.25 Å². The highest BCUT2D eigenvalue weighted by Gasteiger charge is 2.26. The second-order valence-corrected chi connectivity index (χ2v) is 9.94. The molecule has 0 radical (unpaired) electrons. The number of carbonyl (C=O) groups is 1. The number of rotatable bonds is 6. The van der Waals surface area contributed by atoms with Crippen LogP contribution in [-0.4, -0.2) is 27.8 Å². The van der Waals surface area contributed by atoms with E-state index in [0.29, 0.717) is 27.5 Å². The van der Waals surface area contributed by atoms with E-state index in [0.717, 1.165) is 19.3 Å². The molecule has 5 rings (SSSR count). The summed E-state index contributed by atoms with van der Waals surface area (Å²) in [6, 6.07) is 22.9. The summed E-state index contributed by atoms with van der Waals surface area (Å²) >= 11 is 1.28. The van der Waals surface area contributed by atoms with Crippen molar-refractivity contribution < 1.29 is 9.53 Å². The Hall–Kier alpha value is -3.58. The van der Waals surface area contributed by atoms with E-state index in [-0.39, 0.29) is 17.5 Å². The normalized spacial score (nSPS) is 15.9. The molecule has 1 aromatic heterocycles. The van der Waals surface area contributed by atoms with Crippen molar-refractivity contribution in [3.05, 3.63) is 94.3 Å². The van der Waals surface area contributed by atoms with Crippen LogP contribution in [0, 0.1) is 0 Å². The number of aromatic nitrogens is 2. The van der Waals surface area contributed by atoms with Gasteiger partial charge in [0, 0.05) is 0 Å². The summed E-state index contributed by atoms with van der Waals surface area (Å²) in [6.07, 6.45) is 3.00. The lowest BCUT2D eigenvalue weighted by Crippen LogP contribution is -2.36. The van der Waals surface area contributed by atoms with Gasteiger partial charge in [-0.05, 0) is 61.6 Å². The summed E-state index contributed by atoms with van der Waals surface area (Å²) in [7, 11) is 1.57. The molecule has 1 heterocycles. The van der Waals surface area contributed by atoms with Crippen molar-refractivity contribution in [2.45, 2.75) is 42.6 Å². The quantitative estimate of drug-likeness (QED) is 0.305. The largest absolute Gasteiger partial charge is 0.495 e. The van der Waals surface area contributed by atoms with Gasteiger partial charge in [0.2, 0.25) is 5.91 Å². The summed E-state index contributed by atoms with van der Waals surface area (Å²) in [4.78, 5) is 31.6. The predicted molar refractivity (Wildman–Crippen MR) is 139 cm³/mol. The van der Waals surface area contributed by atoms with Crippen LogP contribution in [0.1, 0.15) is 36.9 Å². The smallest absolute Gasteiger partial charge is 0.266 e. The van der Waals surface area contributed by atoms with Gasteiger partial charge in [-0.1, -0.05) is 60.3 Å². The fraction of sp³-hybridized carbons (Fsp3) is 0.250. The number of hydrogen-bond acceptors (Lipinski definition) is 5. The minimum atomic E-state index is -0.460. The Bertz CT molecular complexity index is 1450. The van der Waals surface area contributed by atoms with Gasteiger partial charge in [-0.2, -0.15) is 0 Å². The van der Waals surface area contributed by atoms with E-state index in [1.165, 1.54) is 22.9 Å². The molecule has 178 valence electrons. The van der Waals surface area contributed by atoms with Crippen LogP contribution in [-0.2, 0) is 11.2 Å². The summed E-state index contributed by atoms with van der Waals surface area (Å²) in [5.41, 5.74) is 3.48. The first-order valence-corrected chi connectivity index (χ1v) is 12.6. The van der Waals surface area contributed by atoms with Gasteiger partial charge >= 0.3 is 0 Å². The molecule has 1 N–H and O–H groups in total. The Morgan fingerprint density at radius 1 is 1.09 bits per heavy atom. The van der Waals surface area contributed by atoms with Gasteiger partial charge < -0.3 is 10.1 Å². The number of para-hydroxylation sites is 3. The SMILES string of the molecule is COc1ccccc1-n1c(SC(C)C(=O)NC2CCCc3ccccc32)nc2ccccc2c1=O. The molecule has 2 unspecified atom stereocenters. The fourth-order valence-corrected chi connectivity index (χ4v) is 5.55. The molecule has 0 bridgehead atoms. The molecule has 1 amide bonds. The monoisotopic (exact) mass is 485 g/mol. The van der Waals surface area contributed by atoms with E-state index in [1.807, 2.05) is 61.5 Å². The topological polar surface area (TPSA) is 73.2 Å². The van der Waals surface area contributed by atoms with Gasteiger partial charge in [-0.3, -0.25) is 14.2 Å². The maximum atomic E-state index is 13.6. The second kappa shape index (κ2) is 9.96. The molecular formula is C28H27N3O3S. The highest BCUT2D eigenvalue weighted by Crippen LogP contribution is 2.32. The van der Waals surface area contributed by atoms with E-state index in [2.05, 4.69) is 17.4 Å². The third-order valence-corrected chi connectivity index (χ3v) is 7.46. The first-order valence-electron chi connectivity index (χ1n) is 11.8. The maximum absolute atomic E-state index is 13.6. The lowest BCUT2D eigenvalue weighted by Gasteiger charge is -2.27. The number of benzene rings is 3. The van der Waals surface area contributed by atoms with Crippen molar-refractivity contribution >= 4 is 28.6 Å². The van der Waals surface area contributed by atoms with E-state index in [9.17, 15) is 9.59 Å². The second-order valence-electron chi connectivity index (χ2n) is 8.64. The highest BCUT2D eigenvalue weighted by molar-refractivity contribution is 8.00. The number of nitrogens with zero attached hydrogens (tertiary/aromatic N) is 2. The van der Waals surface area contributed by atoms with Crippen LogP contribution < -0.4 is 15.6 Å². The number of methoxy groups -OCH3 is 1. The Morgan fingerprint density at radius 2 is 1.83 bits per heavy atom. The predicted octanol–water partition coefficient (Wildman–Crippen LogP) is 5.07. The van der Waals surface area contributed by atoms with Gasteiger partial charge in [0.05, 0.1) is 35.0 Å². The van der Waals surface area contributed by atoms with Crippen molar-refractivity contribution in [3.8, 4) is 11.4 Å². The summed E-state index contributed by atoms with van der Waals surface area (Å²) in [6.45, 7) is 1.85. The van der Waals surface area contributed by atoms with E-state index in [1.54, 1.807) is 17.7 Å². The lowest BCUT2D eigenvalue weighted by atomic mass is 9.88. The van der Waals surface area contributed by atoms with Crippen LogP contribution in [0.25, 0.3) is 16.6 Å². The van der Waals surface area contributed by atoms with Gasteiger partial charge in [0.1, 0.15) is 5.75 Å². The Labute approximate surface area is 208 Å². The average molecular weight is 486 g/mol. The molecule has 0 saturated heterocycles. The highest BCUT2D eigenvalue weighted by atomic mass is 32.2. The van der Waals surface area contributed by atoms with Crippen LogP contribution in [0.5, 0.6) is 5.75 Å². The number of nitrogens with one attached hydrogen (secondary N) is 1. The number of hydrogen-bond donors (Lipinski definition) is 1. The number of thioether (sulfide) groups is 1. The van der Waals surface area contributed by atoms with E-state index in [4.69, 9.17) is 9.72 Å². The van der Waals surface area contributed by atoms with Gasteiger partial charge in [0.15, 0.2) is 5.16 Å². The minimum absolute atomic E-state index is 0.00327. The molecule has 1 aliphatic carbocycles. The molecule has 2 atom stereocenters. The van der Waals surface area contributed by atoms with Crippen LogP contribution in [0.3, 0.4) is 0 Å². The molecular weight excluding hydrogens is 458 g/mol. The van der Waals surface area contributed by atoms with Gasteiger partial charge in [-0.15, -0.1) is 0 Å². The molecule has 0 spiro atoms. The van der Waals surface area contributed by atoms with Gasteiger partial charge in [0.25, 0.3) is 5.56 Å². The van der Waals surface area contributed by atoms with Crippen molar-refractivity contribution in [1.29, 1.82) is 0 Å². The van der Waals surface area contributed by atoms with Crippen LogP contribution in [0.15, 0.2) is 82.7 Å². The number of ether oxygens (including phenoxy) is 1. The van der Waals surface area contributed by atoms with Crippen molar-refractivity contribution in [2.75, 3.05) is 7.11 Å². The maximum Gasteiger partial charge on any atom is 0.266 e. The molecule has 7 heteroatoms. The van der Waals surface area contributed by atoms with Crippen molar-refractivity contribution in [1.82, 2.24) is 14.9 Å². The average Bonchev–Trinajstić information content (AvgIpc) is 2.89. The first kappa shape index (κ1) is 23.2. The number of amides is 1. The zero-order chi connectivity index (χ0) is 24.4. The number of carbonyl (C=O) groups excluding carboxylic acids is 1. The lowest BCUT2D eigenvalue weighted by molar-refractivity contribution is -0.121. The number of fused-ring (bicyclic) bond motifs is 2. The third kappa shape index (κ3) is 4.56. The Morgan fingerprint density at radius 3 is 2.69 bits per heavy atom. The minimum Gasteiger partial charge on any atom is -0.495 e. The van der Waals surface area contributed by atoms with Crippen molar-refractivity contribution in [2.24, 2.45) is 0 Å². The molecule has 1 aliphatic rings. The van der Waals surface area contributed by atoms with Crippen LogP contribution in [0.2, 0.25) is 0 Å². The summed E-state index contributed by atoms with van der Waals surface area (Å²) in [5, 5.41) is 3.73. The van der Waals surface area contributed by atoms with Crippen molar-refractivity contribution in [3.63, 3.8) is 0 Å². The molecule has 6 nitrogen and oxygen atoms in total.